The van der Waals surface area contributed by atoms with Gasteiger partial charge in [0.25, 0.3) is 0 Å². The van der Waals surface area contributed by atoms with Gasteiger partial charge in [0.05, 0.1) is 20.1 Å². The van der Waals surface area contributed by atoms with Crippen LogP contribution in [0.5, 0.6) is 0 Å². The van der Waals surface area contributed by atoms with Crippen LogP contribution in [0.3, 0.4) is 0 Å². The number of rotatable bonds is 0. The topological polar surface area (TPSA) is 0 Å². The maximum absolute atomic E-state index is 5.61. The third kappa shape index (κ3) is 1.70. The molecule has 0 saturated carbocycles. The third-order valence-corrected chi connectivity index (χ3v) is 2.41. The van der Waals surface area contributed by atoms with E-state index in [9.17, 15) is 0 Å². The Labute approximate surface area is 78.6 Å². The Hall–Kier alpha value is 0.380. The summed E-state index contributed by atoms with van der Waals surface area (Å²) in [5.41, 5.74) is 0. The molecule has 0 N–H and O–H groups in total. The molecule has 0 nitrogen and oxygen atoms in total. The first-order valence-electron chi connectivity index (χ1n) is 2.41. The van der Waals surface area contributed by atoms with Crippen LogP contribution in [-0.2, 0) is 0 Å². The van der Waals surface area contributed by atoms with Gasteiger partial charge < -0.3 is 0 Å². The first-order chi connectivity index (χ1) is 4.61. The molecule has 0 amide bonds. The summed E-state index contributed by atoms with van der Waals surface area (Å²) in [7, 11) is 0. The summed E-state index contributed by atoms with van der Waals surface area (Å²) in [6.45, 7) is 0. The summed E-state index contributed by atoms with van der Waals surface area (Å²) in [4.78, 5) is 0. The van der Waals surface area contributed by atoms with Crippen LogP contribution in [0.2, 0.25) is 20.1 Å². The van der Waals surface area contributed by atoms with Crippen LogP contribution in [0.25, 0.3) is 0 Å². The van der Waals surface area contributed by atoms with Crippen molar-refractivity contribution in [1.82, 2.24) is 0 Å². The van der Waals surface area contributed by atoms with E-state index in [-0.39, 0.29) is 0 Å². The summed E-state index contributed by atoms with van der Waals surface area (Å²) in [5, 5.41) is 1.65. The fourth-order valence-corrected chi connectivity index (χ4v) is 1.26. The first kappa shape index (κ1) is 8.48. The van der Waals surface area contributed by atoms with E-state index in [0.717, 1.165) is 0 Å². The molecule has 0 heterocycles. The van der Waals surface area contributed by atoms with Gasteiger partial charge in [-0.05, 0) is 12.1 Å². The molecule has 0 fully saturated rings. The van der Waals surface area contributed by atoms with Crippen molar-refractivity contribution < 1.29 is 0 Å². The van der Waals surface area contributed by atoms with E-state index < -0.39 is 0 Å². The highest BCUT2D eigenvalue weighted by Gasteiger charge is 2.02. The van der Waals surface area contributed by atoms with Crippen molar-refractivity contribution in [2.45, 2.75) is 0 Å². The summed E-state index contributed by atoms with van der Waals surface area (Å²) >= 11 is 22.4. The second-order valence-electron chi connectivity index (χ2n) is 1.68. The summed E-state index contributed by atoms with van der Waals surface area (Å²) in [6, 6.07) is 3.02. The molecule has 0 aliphatic heterocycles. The van der Waals surface area contributed by atoms with Gasteiger partial charge in [-0.1, -0.05) is 46.4 Å². The van der Waals surface area contributed by atoms with Crippen LogP contribution in [-0.4, -0.2) is 0 Å². The van der Waals surface area contributed by atoms with Crippen molar-refractivity contribution in [2.24, 2.45) is 0 Å². The van der Waals surface area contributed by atoms with E-state index in [1.165, 1.54) is 12.1 Å². The largest absolute Gasteiger partial charge is 0.0827 e. The van der Waals surface area contributed by atoms with Crippen molar-refractivity contribution in [1.29, 1.82) is 0 Å². The Bertz CT molecular complexity index is 206. The van der Waals surface area contributed by atoms with Gasteiger partial charge in [0.15, 0.2) is 0 Å². The van der Waals surface area contributed by atoms with Crippen LogP contribution < -0.4 is 0 Å². The van der Waals surface area contributed by atoms with Crippen molar-refractivity contribution in [3.8, 4) is 0 Å². The Kier molecular flexibility index (Phi) is 2.70. The second-order valence-corrected chi connectivity index (χ2v) is 3.31. The van der Waals surface area contributed by atoms with Crippen molar-refractivity contribution in [3.05, 3.63) is 32.2 Å². The molecule has 0 unspecified atom stereocenters. The van der Waals surface area contributed by atoms with E-state index in [1.54, 1.807) is 0 Å². The SMILES string of the molecule is Cl[13c]1[13cH][13c](Cl)[13c](Cl)[13cH][13c]1Cl. The van der Waals surface area contributed by atoms with E-state index in [1.807, 2.05) is 0 Å². The van der Waals surface area contributed by atoms with E-state index >= 15 is 0 Å². The molecule has 0 aromatic heterocycles. The summed E-state index contributed by atoms with van der Waals surface area (Å²) < 4.78 is 0. The van der Waals surface area contributed by atoms with Crippen LogP contribution >= 0.6 is 46.4 Å². The minimum Gasteiger partial charge on any atom is -0.0827 e. The first-order valence-corrected chi connectivity index (χ1v) is 3.92. The number of hydrogen-bond donors (Lipinski definition) is 0. The van der Waals surface area contributed by atoms with Gasteiger partial charge in [-0.2, -0.15) is 0 Å². The predicted molar refractivity (Wildman–Crippen MR) is 46.5 cm³/mol. The highest BCUT2D eigenvalue weighted by Crippen LogP contribution is 2.31. The molecule has 0 radical (unpaired) electrons. The average molecular weight is 222 g/mol. The highest BCUT2D eigenvalue weighted by molar-refractivity contribution is 6.47. The van der Waals surface area contributed by atoms with Gasteiger partial charge in [-0.3, -0.25) is 0 Å². The van der Waals surface area contributed by atoms with Crippen molar-refractivity contribution >= 4 is 46.4 Å². The molecule has 1 aromatic carbocycles. The Balaban J connectivity index is 3.28. The maximum atomic E-state index is 5.61. The molecule has 54 valence electrons. The quantitative estimate of drug-likeness (QED) is 0.573. The van der Waals surface area contributed by atoms with Crippen molar-refractivity contribution in [3.63, 3.8) is 0 Å². The van der Waals surface area contributed by atoms with Gasteiger partial charge in [0.1, 0.15) is 0 Å². The predicted octanol–water partition coefficient (Wildman–Crippen LogP) is 4.30. The lowest BCUT2D eigenvalue weighted by Crippen LogP contribution is -1.70. The molecule has 0 spiro atoms. The minimum absolute atomic E-state index is 0.413. The molecular formula is C6H2Cl4. The van der Waals surface area contributed by atoms with Crippen molar-refractivity contribution in [2.75, 3.05) is 0 Å². The number of hydrogen-bond acceptors (Lipinski definition) is 0. The van der Waals surface area contributed by atoms with Crippen LogP contribution in [0.15, 0.2) is 12.1 Å². The Morgan fingerprint density at radius 2 is 0.800 bits per heavy atom. The molecule has 0 aliphatic carbocycles. The zero-order valence-corrected chi connectivity index (χ0v) is 7.69. The van der Waals surface area contributed by atoms with Gasteiger partial charge in [-0.25, -0.2) is 0 Å². The van der Waals surface area contributed by atoms with Gasteiger partial charge in [0.2, 0.25) is 0 Å². The lowest BCUT2D eigenvalue weighted by Gasteiger charge is -1.97. The lowest BCUT2D eigenvalue weighted by atomic mass is 11.3. The third-order valence-electron chi connectivity index (χ3n) is 0.963. The van der Waals surface area contributed by atoms with E-state index in [4.69, 9.17) is 46.4 Å². The Morgan fingerprint density at radius 1 is 0.600 bits per heavy atom. The normalized spacial score (nSPS) is 10.0. The standard InChI is InChI=1S/C6H2Cl4/c7-3-1-4(8)6(10)2-5(3)9/h1-2H/i1+1,2+1,3+1,4+1,5+1,6+1. The van der Waals surface area contributed by atoms with E-state index in [2.05, 4.69) is 0 Å². The average Bonchev–Trinajstić information content (AvgIpc) is 1.84. The lowest BCUT2D eigenvalue weighted by molar-refractivity contribution is 1.70. The summed E-state index contributed by atoms with van der Waals surface area (Å²) in [6.07, 6.45) is 0. The van der Waals surface area contributed by atoms with Crippen LogP contribution in [0.4, 0.5) is 0 Å². The molecule has 0 bridgehead atoms. The fraction of sp³-hybridized carbons (Fsp3) is 0. The summed E-state index contributed by atoms with van der Waals surface area (Å²) in [5.74, 6) is 0. The highest BCUT2D eigenvalue weighted by atomic mass is 35.5. The fourth-order valence-electron chi connectivity index (χ4n) is 0.498. The molecule has 1 aromatic rings. The maximum Gasteiger partial charge on any atom is 0.0608 e. The van der Waals surface area contributed by atoms with E-state index in [0.29, 0.717) is 20.1 Å². The zero-order valence-electron chi connectivity index (χ0n) is 4.67. The molecule has 4 heteroatoms. The molecular weight excluding hydrogens is 220 g/mol. The van der Waals surface area contributed by atoms with Gasteiger partial charge in [-0.15, -0.1) is 0 Å². The number of benzene rings is 1. The smallest absolute Gasteiger partial charge is 0.0608 e. The zero-order chi connectivity index (χ0) is 7.72. The molecule has 10 heavy (non-hydrogen) atoms. The number of halogens is 4. The second kappa shape index (κ2) is 3.19. The molecule has 0 atom stereocenters. The molecule has 1 rings (SSSR count). The van der Waals surface area contributed by atoms with Gasteiger partial charge in [0, 0.05) is 0 Å². The minimum atomic E-state index is 0.413. The molecule has 0 saturated heterocycles. The molecule has 0 aliphatic rings. The monoisotopic (exact) mass is 220 g/mol. The Morgan fingerprint density at radius 3 is 1.00 bits per heavy atom. The van der Waals surface area contributed by atoms with Crippen LogP contribution in [0.1, 0.15) is 0 Å². The van der Waals surface area contributed by atoms with Crippen LogP contribution in [0, 0.1) is 0 Å². The van der Waals surface area contributed by atoms with Gasteiger partial charge >= 0.3 is 0 Å².